The average Bonchev–Trinajstić information content (AvgIpc) is 2.33. The summed E-state index contributed by atoms with van der Waals surface area (Å²) in [6, 6.07) is 0.730. The van der Waals surface area contributed by atoms with E-state index in [9.17, 15) is 0 Å². The first-order chi connectivity index (χ1) is 8.17. The molecule has 2 atom stereocenters. The lowest BCUT2D eigenvalue weighted by atomic mass is 9.85. The molecule has 0 aliphatic carbocycles. The maximum Gasteiger partial charge on any atom is 0.0198 e. The van der Waals surface area contributed by atoms with Crippen LogP contribution in [0.1, 0.15) is 53.4 Å². The fourth-order valence-corrected chi connectivity index (χ4v) is 2.78. The summed E-state index contributed by atoms with van der Waals surface area (Å²) in [5, 5.41) is 3.72. The van der Waals surface area contributed by atoms with Gasteiger partial charge in [-0.05, 0) is 44.2 Å². The van der Waals surface area contributed by atoms with Gasteiger partial charge < -0.3 is 10.2 Å². The Morgan fingerprint density at radius 2 is 1.94 bits per heavy atom. The van der Waals surface area contributed by atoms with E-state index in [1.165, 1.54) is 51.9 Å². The van der Waals surface area contributed by atoms with E-state index in [1.54, 1.807) is 0 Å². The highest BCUT2D eigenvalue weighted by Crippen LogP contribution is 2.24. The maximum absolute atomic E-state index is 3.72. The van der Waals surface area contributed by atoms with Gasteiger partial charge in [-0.2, -0.15) is 0 Å². The van der Waals surface area contributed by atoms with E-state index in [2.05, 4.69) is 37.9 Å². The molecule has 2 heteroatoms. The van der Waals surface area contributed by atoms with E-state index in [0.29, 0.717) is 0 Å². The lowest BCUT2D eigenvalue weighted by Crippen LogP contribution is -2.50. The van der Waals surface area contributed by atoms with E-state index in [1.807, 2.05) is 0 Å². The topological polar surface area (TPSA) is 15.3 Å². The molecular formula is C15H32N2. The third kappa shape index (κ3) is 5.39. The van der Waals surface area contributed by atoms with Crippen LogP contribution in [0, 0.1) is 11.8 Å². The molecule has 0 saturated carbocycles. The fourth-order valence-electron chi connectivity index (χ4n) is 2.78. The third-order valence-corrected chi connectivity index (χ3v) is 4.01. The van der Waals surface area contributed by atoms with Crippen LogP contribution >= 0.6 is 0 Å². The molecule has 1 saturated heterocycles. The zero-order chi connectivity index (χ0) is 12.7. The van der Waals surface area contributed by atoms with Gasteiger partial charge in [0.05, 0.1) is 0 Å². The molecule has 0 aromatic carbocycles. The Morgan fingerprint density at radius 3 is 2.53 bits per heavy atom. The molecule has 0 spiro atoms. The number of piperidine rings is 1. The van der Waals surface area contributed by atoms with E-state index in [0.717, 1.165) is 17.9 Å². The first-order valence-electron chi connectivity index (χ1n) is 7.63. The third-order valence-electron chi connectivity index (χ3n) is 4.01. The molecule has 0 bridgehead atoms. The van der Waals surface area contributed by atoms with Crippen molar-refractivity contribution in [2.24, 2.45) is 11.8 Å². The zero-order valence-electron chi connectivity index (χ0n) is 12.3. The predicted molar refractivity (Wildman–Crippen MR) is 76.4 cm³/mol. The number of nitrogens with one attached hydrogen (secondary N) is 1. The highest BCUT2D eigenvalue weighted by molar-refractivity contribution is 4.84. The highest BCUT2D eigenvalue weighted by atomic mass is 15.2. The lowest BCUT2D eigenvalue weighted by molar-refractivity contribution is 0.114. The molecular weight excluding hydrogens is 208 g/mol. The summed E-state index contributed by atoms with van der Waals surface area (Å²) >= 11 is 0. The first kappa shape index (κ1) is 15.0. The quantitative estimate of drug-likeness (QED) is 0.735. The molecule has 1 N–H and O–H groups in total. The van der Waals surface area contributed by atoms with E-state index in [4.69, 9.17) is 0 Å². The van der Waals surface area contributed by atoms with Crippen LogP contribution in [0.2, 0.25) is 0 Å². The minimum absolute atomic E-state index is 0.730. The van der Waals surface area contributed by atoms with Crippen molar-refractivity contribution in [3.05, 3.63) is 0 Å². The second-order valence-electron chi connectivity index (χ2n) is 6.00. The number of rotatable bonds is 7. The molecule has 0 amide bonds. The molecule has 17 heavy (non-hydrogen) atoms. The van der Waals surface area contributed by atoms with E-state index in [-0.39, 0.29) is 0 Å². The number of likely N-dealkylation sites (tertiary alicyclic amines) is 1. The highest BCUT2D eigenvalue weighted by Gasteiger charge is 2.27. The van der Waals surface area contributed by atoms with Crippen molar-refractivity contribution in [2.45, 2.75) is 59.4 Å². The van der Waals surface area contributed by atoms with Crippen molar-refractivity contribution < 1.29 is 0 Å². The van der Waals surface area contributed by atoms with Crippen molar-refractivity contribution in [1.82, 2.24) is 10.2 Å². The molecule has 1 fully saturated rings. The summed E-state index contributed by atoms with van der Waals surface area (Å²) in [6.07, 6.45) is 5.29. The molecule has 1 aliphatic heterocycles. The summed E-state index contributed by atoms with van der Waals surface area (Å²) < 4.78 is 0. The van der Waals surface area contributed by atoms with Crippen LogP contribution in [0.5, 0.6) is 0 Å². The number of nitrogens with zero attached hydrogens (tertiary/aromatic N) is 1. The van der Waals surface area contributed by atoms with Crippen molar-refractivity contribution in [2.75, 3.05) is 26.2 Å². The smallest absolute Gasteiger partial charge is 0.0198 e. The van der Waals surface area contributed by atoms with Gasteiger partial charge in [0, 0.05) is 19.1 Å². The zero-order valence-corrected chi connectivity index (χ0v) is 12.3. The Labute approximate surface area is 108 Å². The Kier molecular flexibility index (Phi) is 7.14. The minimum atomic E-state index is 0.730. The molecule has 2 nitrogen and oxygen atoms in total. The number of hydrogen-bond donors (Lipinski definition) is 1. The molecule has 1 rings (SSSR count). The van der Waals surface area contributed by atoms with Crippen LogP contribution in [0.4, 0.5) is 0 Å². The van der Waals surface area contributed by atoms with E-state index < -0.39 is 0 Å². The minimum Gasteiger partial charge on any atom is -0.313 e. The lowest BCUT2D eigenvalue weighted by Gasteiger charge is -2.40. The van der Waals surface area contributed by atoms with Crippen LogP contribution in [0.15, 0.2) is 0 Å². The summed E-state index contributed by atoms with van der Waals surface area (Å²) in [5.41, 5.74) is 0. The second-order valence-corrected chi connectivity index (χ2v) is 6.00. The van der Waals surface area contributed by atoms with Crippen molar-refractivity contribution in [1.29, 1.82) is 0 Å². The van der Waals surface area contributed by atoms with Gasteiger partial charge in [-0.1, -0.05) is 34.1 Å². The summed E-state index contributed by atoms with van der Waals surface area (Å²) in [6.45, 7) is 14.4. The monoisotopic (exact) mass is 240 g/mol. The van der Waals surface area contributed by atoms with Gasteiger partial charge in [-0.15, -0.1) is 0 Å². The van der Waals surface area contributed by atoms with Gasteiger partial charge in [0.2, 0.25) is 0 Å². The van der Waals surface area contributed by atoms with Crippen molar-refractivity contribution in [3.8, 4) is 0 Å². The van der Waals surface area contributed by atoms with Crippen LogP contribution in [0.25, 0.3) is 0 Å². The fraction of sp³-hybridized carbons (Fsp3) is 1.00. The van der Waals surface area contributed by atoms with Crippen molar-refractivity contribution >= 4 is 0 Å². The van der Waals surface area contributed by atoms with E-state index >= 15 is 0 Å². The van der Waals surface area contributed by atoms with Gasteiger partial charge in [0.25, 0.3) is 0 Å². The Balaban J connectivity index is 2.43. The van der Waals surface area contributed by atoms with Gasteiger partial charge in [0.15, 0.2) is 0 Å². The van der Waals surface area contributed by atoms with Crippen LogP contribution in [-0.4, -0.2) is 37.1 Å². The van der Waals surface area contributed by atoms with Crippen LogP contribution < -0.4 is 5.32 Å². The number of hydrogen-bond acceptors (Lipinski definition) is 2. The summed E-state index contributed by atoms with van der Waals surface area (Å²) in [7, 11) is 0. The standard InChI is InChI=1S/C15H32N2/c1-5-7-9-17-11-14(13(3)4)10-15(12-17)16-8-6-2/h13-16H,5-12H2,1-4H3. The van der Waals surface area contributed by atoms with Gasteiger partial charge in [0.1, 0.15) is 0 Å². The molecule has 2 unspecified atom stereocenters. The second kappa shape index (κ2) is 8.10. The van der Waals surface area contributed by atoms with Gasteiger partial charge >= 0.3 is 0 Å². The largest absolute Gasteiger partial charge is 0.313 e. The molecule has 0 radical (unpaired) electrons. The first-order valence-corrected chi connectivity index (χ1v) is 7.63. The summed E-state index contributed by atoms with van der Waals surface area (Å²) in [4.78, 5) is 2.69. The molecule has 0 aromatic heterocycles. The maximum atomic E-state index is 3.72. The Bertz CT molecular complexity index is 175. The van der Waals surface area contributed by atoms with Gasteiger partial charge in [-0.3, -0.25) is 0 Å². The van der Waals surface area contributed by atoms with Gasteiger partial charge in [-0.25, -0.2) is 0 Å². The van der Waals surface area contributed by atoms with Crippen LogP contribution in [0.3, 0.4) is 0 Å². The molecule has 102 valence electrons. The molecule has 1 heterocycles. The predicted octanol–water partition coefficient (Wildman–Crippen LogP) is 3.13. The Morgan fingerprint density at radius 1 is 1.18 bits per heavy atom. The summed E-state index contributed by atoms with van der Waals surface area (Å²) in [5.74, 6) is 1.71. The normalized spacial score (nSPS) is 26.6. The molecule has 0 aromatic rings. The van der Waals surface area contributed by atoms with Crippen molar-refractivity contribution in [3.63, 3.8) is 0 Å². The Hall–Kier alpha value is -0.0800. The number of unbranched alkanes of at least 4 members (excludes halogenated alkanes) is 1. The SMILES string of the molecule is CCCCN1CC(NCCC)CC(C(C)C)C1. The van der Waals surface area contributed by atoms with Crippen LogP contribution in [-0.2, 0) is 0 Å². The molecule has 1 aliphatic rings. The average molecular weight is 240 g/mol.